The molecule has 0 bridgehead atoms. The first kappa shape index (κ1) is 18.8. The predicted molar refractivity (Wildman–Crippen MR) is 104 cm³/mol. The Kier molecular flexibility index (Phi) is 5.36. The lowest BCUT2D eigenvalue weighted by molar-refractivity contribution is 0.497. The normalized spacial score (nSPS) is 13.0. The van der Waals surface area contributed by atoms with Crippen LogP contribution in [0.4, 0.5) is 5.69 Å². The highest BCUT2D eigenvalue weighted by molar-refractivity contribution is 5.75. The third-order valence-corrected chi connectivity index (χ3v) is 3.50. The van der Waals surface area contributed by atoms with Gasteiger partial charge in [-0.25, -0.2) is 15.0 Å². The van der Waals surface area contributed by atoms with E-state index in [1.165, 1.54) is 6.20 Å². The highest BCUT2D eigenvalue weighted by atomic mass is 15.1. The van der Waals surface area contributed by atoms with Crippen LogP contribution in [0.2, 0.25) is 0 Å². The summed E-state index contributed by atoms with van der Waals surface area (Å²) < 4.78 is 0. The van der Waals surface area contributed by atoms with Crippen LogP contribution < -0.4 is 5.73 Å². The van der Waals surface area contributed by atoms with E-state index in [0.29, 0.717) is 5.82 Å². The highest BCUT2D eigenvalue weighted by Crippen LogP contribution is 2.27. The van der Waals surface area contributed by atoms with Gasteiger partial charge in [0.1, 0.15) is 11.6 Å². The SMILES string of the molecule is CC(C)(C)c1nc(-c2cccc(N=CC=CN)c2)nc(C(C)(C)C)n1. The Morgan fingerprint density at radius 1 is 0.920 bits per heavy atom. The van der Waals surface area contributed by atoms with Crippen molar-refractivity contribution in [2.75, 3.05) is 0 Å². The molecule has 0 aliphatic heterocycles. The van der Waals surface area contributed by atoms with Crippen LogP contribution in [0, 0.1) is 0 Å². The number of nitrogens with zero attached hydrogens (tertiary/aromatic N) is 4. The second-order valence-corrected chi connectivity index (χ2v) is 8.02. The second-order valence-electron chi connectivity index (χ2n) is 8.02. The molecular formula is C20H27N5. The maximum atomic E-state index is 5.33. The molecule has 2 N–H and O–H groups in total. The van der Waals surface area contributed by atoms with Crippen LogP contribution in [0.3, 0.4) is 0 Å². The van der Waals surface area contributed by atoms with Gasteiger partial charge < -0.3 is 5.73 Å². The Labute approximate surface area is 150 Å². The van der Waals surface area contributed by atoms with Crippen molar-refractivity contribution in [3.8, 4) is 11.4 Å². The molecule has 0 aliphatic rings. The molecule has 0 spiro atoms. The van der Waals surface area contributed by atoms with Crippen LogP contribution in [0.15, 0.2) is 41.5 Å². The number of allylic oxidation sites excluding steroid dienone is 1. The predicted octanol–water partition coefficient (Wildman–Crippen LogP) is 4.31. The van der Waals surface area contributed by atoms with E-state index < -0.39 is 0 Å². The van der Waals surface area contributed by atoms with Crippen molar-refractivity contribution in [3.63, 3.8) is 0 Å². The molecule has 0 aliphatic carbocycles. The van der Waals surface area contributed by atoms with E-state index in [2.05, 4.69) is 46.5 Å². The number of aromatic nitrogens is 3. The molecule has 5 nitrogen and oxygen atoms in total. The third kappa shape index (κ3) is 4.95. The van der Waals surface area contributed by atoms with Gasteiger partial charge in [-0.1, -0.05) is 53.7 Å². The van der Waals surface area contributed by atoms with Gasteiger partial charge in [0.05, 0.1) is 5.69 Å². The molecular weight excluding hydrogens is 310 g/mol. The van der Waals surface area contributed by atoms with Crippen molar-refractivity contribution < 1.29 is 0 Å². The summed E-state index contributed by atoms with van der Waals surface area (Å²) >= 11 is 0. The molecule has 0 unspecified atom stereocenters. The molecule has 0 saturated heterocycles. The van der Waals surface area contributed by atoms with E-state index in [4.69, 9.17) is 20.7 Å². The topological polar surface area (TPSA) is 77.0 Å². The summed E-state index contributed by atoms with van der Waals surface area (Å²) in [6.07, 6.45) is 4.79. The summed E-state index contributed by atoms with van der Waals surface area (Å²) in [5.41, 5.74) is 6.77. The monoisotopic (exact) mass is 337 g/mol. The largest absolute Gasteiger partial charge is 0.405 e. The summed E-state index contributed by atoms with van der Waals surface area (Å²) in [5.74, 6) is 2.26. The van der Waals surface area contributed by atoms with Crippen LogP contribution >= 0.6 is 0 Å². The molecule has 2 aromatic rings. The molecule has 0 fully saturated rings. The van der Waals surface area contributed by atoms with Crippen molar-refractivity contribution in [2.24, 2.45) is 10.7 Å². The zero-order valence-corrected chi connectivity index (χ0v) is 15.9. The smallest absolute Gasteiger partial charge is 0.163 e. The molecule has 5 heteroatoms. The summed E-state index contributed by atoms with van der Waals surface area (Å²) in [7, 11) is 0. The number of benzene rings is 1. The van der Waals surface area contributed by atoms with Crippen LogP contribution in [-0.2, 0) is 10.8 Å². The van der Waals surface area contributed by atoms with E-state index in [9.17, 15) is 0 Å². The Balaban J connectivity index is 2.56. The molecule has 132 valence electrons. The molecule has 25 heavy (non-hydrogen) atoms. The second kappa shape index (κ2) is 7.13. The number of nitrogens with two attached hydrogens (primary N) is 1. The fraction of sp³-hybridized carbons (Fsp3) is 0.400. The molecule has 0 radical (unpaired) electrons. The molecule has 1 aromatic carbocycles. The minimum atomic E-state index is -0.153. The van der Waals surface area contributed by atoms with Crippen LogP contribution in [-0.4, -0.2) is 21.2 Å². The first-order valence-electron chi connectivity index (χ1n) is 8.39. The van der Waals surface area contributed by atoms with Gasteiger partial charge in [0.2, 0.25) is 0 Å². The molecule has 0 saturated carbocycles. The number of aliphatic imine (C=N–C) groups is 1. The fourth-order valence-electron chi connectivity index (χ4n) is 2.08. The van der Waals surface area contributed by atoms with Gasteiger partial charge >= 0.3 is 0 Å². The first-order valence-corrected chi connectivity index (χ1v) is 8.39. The van der Waals surface area contributed by atoms with Gasteiger partial charge in [-0.3, -0.25) is 4.99 Å². The lowest BCUT2D eigenvalue weighted by Gasteiger charge is -2.22. The number of rotatable bonds is 3. The van der Waals surface area contributed by atoms with E-state index in [-0.39, 0.29) is 10.8 Å². The van der Waals surface area contributed by atoms with E-state index in [0.717, 1.165) is 22.9 Å². The van der Waals surface area contributed by atoms with Gasteiger partial charge in [0.15, 0.2) is 5.82 Å². The summed E-state index contributed by atoms with van der Waals surface area (Å²) in [4.78, 5) is 18.5. The average molecular weight is 337 g/mol. The number of hydrogen-bond acceptors (Lipinski definition) is 5. The summed E-state index contributed by atoms with van der Waals surface area (Å²) in [6.45, 7) is 12.7. The number of hydrogen-bond donors (Lipinski definition) is 1. The molecule has 0 amide bonds. The van der Waals surface area contributed by atoms with Gasteiger partial charge in [-0.2, -0.15) is 0 Å². The zero-order chi connectivity index (χ0) is 18.7. The van der Waals surface area contributed by atoms with E-state index in [1.807, 2.05) is 24.3 Å². The van der Waals surface area contributed by atoms with Gasteiger partial charge in [0, 0.05) is 22.6 Å². The summed E-state index contributed by atoms with van der Waals surface area (Å²) in [6, 6.07) is 7.84. The zero-order valence-electron chi connectivity index (χ0n) is 15.9. The van der Waals surface area contributed by atoms with E-state index >= 15 is 0 Å². The van der Waals surface area contributed by atoms with Gasteiger partial charge in [0.25, 0.3) is 0 Å². The Morgan fingerprint density at radius 2 is 1.52 bits per heavy atom. The minimum absolute atomic E-state index is 0.153. The lowest BCUT2D eigenvalue weighted by Crippen LogP contribution is -2.24. The van der Waals surface area contributed by atoms with Gasteiger partial charge in [-0.15, -0.1) is 0 Å². The van der Waals surface area contributed by atoms with Crippen LogP contribution in [0.1, 0.15) is 53.2 Å². The van der Waals surface area contributed by atoms with Crippen molar-refractivity contribution in [2.45, 2.75) is 52.4 Å². The quantitative estimate of drug-likeness (QED) is 0.847. The third-order valence-electron chi connectivity index (χ3n) is 3.50. The molecule has 1 aromatic heterocycles. The maximum Gasteiger partial charge on any atom is 0.163 e. The molecule has 2 rings (SSSR count). The highest BCUT2D eigenvalue weighted by Gasteiger charge is 2.25. The maximum absolute atomic E-state index is 5.33. The van der Waals surface area contributed by atoms with Crippen molar-refractivity contribution in [1.82, 2.24) is 15.0 Å². The van der Waals surface area contributed by atoms with E-state index in [1.54, 1.807) is 12.3 Å². The Bertz CT molecular complexity index is 760. The minimum Gasteiger partial charge on any atom is -0.405 e. The van der Waals surface area contributed by atoms with Crippen molar-refractivity contribution >= 4 is 11.9 Å². The van der Waals surface area contributed by atoms with Crippen molar-refractivity contribution in [1.29, 1.82) is 0 Å². The van der Waals surface area contributed by atoms with Crippen molar-refractivity contribution in [3.05, 3.63) is 48.2 Å². The average Bonchev–Trinajstić information content (AvgIpc) is 2.53. The van der Waals surface area contributed by atoms with Crippen LogP contribution in [0.25, 0.3) is 11.4 Å². The molecule has 1 heterocycles. The first-order chi connectivity index (χ1) is 11.6. The fourth-order valence-corrected chi connectivity index (χ4v) is 2.08. The Hall–Kier alpha value is -2.56. The standard InChI is InChI=1S/C20H27N5/c1-19(2,3)17-23-16(24-18(25-17)20(4,5)6)14-9-7-10-15(13-14)22-12-8-11-21/h7-13H,21H2,1-6H3. The lowest BCUT2D eigenvalue weighted by atomic mass is 9.93. The summed E-state index contributed by atoms with van der Waals surface area (Å²) in [5, 5.41) is 0. The molecule has 0 atom stereocenters. The Morgan fingerprint density at radius 3 is 2.04 bits per heavy atom. The van der Waals surface area contributed by atoms with Gasteiger partial charge in [-0.05, 0) is 24.4 Å². The van der Waals surface area contributed by atoms with Crippen LogP contribution in [0.5, 0.6) is 0 Å².